The Kier molecular flexibility index (Phi) is 4.29. The first-order valence-corrected chi connectivity index (χ1v) is 9.27. The van der Waals surface area contributed by atoms with Crippen LogP contribution < -0.4 is 4.72 Å². The Morgan fingerprint density at radius 3 is 2.74 bits per heavy atom. The van der Waals surface area contributed by atoms with Gasteiger partial charge < -0.3 is 0 Å². The van der Waals surface area contributed by atoms with Crippen LogP contribution >= 0.6 is 11.3 Å². The second-order valence-electron chi connectivity index (χ2n) is 5.13. The second-order valence-corrected chi connectivity index (χ2v) is 8.20. The summed E-state index contributed by atoms with van der Waals surface area (Å²) < 4.78 is 27.6. The molecule has 0 saturated carbocycles. The molecule has 0 aromatic carbocycles. The largest absolute Gasteiger partial charge is 0.282 e. The van der Waals surface area contributed by atoms with Gasteiger partial charge in [-0.3, -0.25) is 10.1 Å². The van der Waals surface area contributed by atoms with Crippen molar-refractivity contribution in [1.82, 2.24) is 19.9 Å². The van der Waals surface area contributed by atoms with E-state index < -0.39 is 10.0 Å². The van der Waals surface area contributed by atoms with E-state index in [4.69, 9.17) is 0 Å². The molecule has 0 fully saturated rings. The van der Waals surface area contributed by atoms with Gasteiger partial charge in [0.1, 0.15) is 9.90 Å². The summed E-state index contributed by atoms with van der Waals surface area (Å²) in [6.45, 7) is 4.11. The van der Waals surface area contributed by atoms with Crippen molar-refractivity contribution in [3.63, 3.8) is 0 Å². The highest BCUT2D eigenvalue weighted by Crippen LogP contribution is 2.32. The second kappa shape index (κ2) is 6.23. The lowest BCUT2D eigenvalue weighted by Crippen LogP contribution is -2.22. The van der Waals surface area contributed by atoms with Gasteiger partial charge in [0.05, 0.1) is 4.88 Å². The van der Waals surface area contributed by atoms with Crippen LogP contribution in [0.4, 0.5) is 0 Å². The third kappa shape index (κ3) is 3.34. The topological polar surface area (TPSA) is 87.7 Å². The molecule has 0 bridgehead atoms. The normalized spacial score (nSPS) is 11.7. The standard InChI is InChI=1S/C15H16N4O2S2/c1-10-11(2)18-19-15(10)13-5-6-14(22-13)23(20,21)17-9-12-4-3-7-16-8-12/h3-8,17H,9H2,1-2H3,(H,18,19). The molecule has 3 rings (SSSR count). The number of H-pyrrole nitrogens is 1. The minimum Gasteiger partial charge on any atom is -0.282 e. The average molecular weight is 348 g/mol. The highest BCUT2D eigenvalue weighted by Gasteiger charge is 2.19. The van der Waals surface area contributed by atoms with Gasteiger partial charge >= 0.3 is 0 Å². The quantitative estimate of drug-likeness (QED) is 0.742. The lowest BCUT2D eigenvalue weighted by molar-refractivity contribution is 0.583. The van der Waals surface area contributed by atoms with Gasteiger partial charge in [0.15, 0.2) is 0 Å². The molecule has 3 aromatic heterocycles. The van der Waals surface area contributed by atoms with Gasteiger partial charge in [-0.05, 0) is 43.2 Å². The molecular formula is C15H16N4O2S2. The summed E-state index contributed by atoms with van der Waals surface area (Å²) in [4.78, 5) is 4.80. The fourth-order valence-electron chi connectivity index (χ4n) is 2.07. The highest BCUT2D eigenvalue weighted by molar-refractivity contribution is 7.91. The van der Waals surface area contributed by atoms with E-state index in [0.717, 1.165) is 27.4 Å². The summed E-state index contributed by atoms with van der Waals surface area (Å²) in [5.41, 5.74) is 3.61. The molecule has 2 N–H and O–H groups in total. The van der Waals surface area contributed by atoms with Crippen molar-refractivity contribution < 1.29 is 8.42 Å². The van der Waals surface area contributed by atoms with E-state index in [0.29, 0.717) is 0 Å². The number of thiophene rings is 1. The predicted octanol–water partition coefficient (Wildman–Crippen LogP) is 2.63. The van der Waals surface area contributed by atoms with Crippen LogP contribution in [0.25, 0.3) is 10.6 Å². The molecule has 3 heterocycles. The molecule has 3 aromatic rings. The average Bonchev–Trinajstić information content (AvgIpc) is 3.15. The summed E-state index contributed by atoms with van der Waals surface area (Å²) in [6, 6.07) is 6.99. The zero-order valence-electron chi connectivity index (χ0n) is 12.7. The maximum absolute atomic E-state index is 12.4. The van der Waals surface area contributed by atoms with Crippen molar-refractivity contribution in [2.75, 3.05) is 0 Å². The van der Waals surface area contributed by atoms with E-state index in [1.165, 1.54) is 11.3 Å². The van der Waals surface area contributed by atoms with E-state index >= 15 is 0 Å². The van der Waals surface area contributed by atoms with E-state index in [1.54, 1.807) is 30.6 Å². The number of sulfonamides is 1. The lowest BCUT2D eigenvalue weighted by atomic mass is 10.2. The number of nitrogens with zero attached hydrogens (tertiary/aromatic N) is 2. The SMILES string of the molecule is Cc1[nH]nc(-c2ccc(S(=O)(=O)NCc3cccnc3)s2)c1C. The fraction of sp³-hybridized carbons (Fsp3) is 0.200. The highest BCUT2D eigenvalue weighted by atomic mass is 32.2. The molecule has 0 aliphatic carbocycles. The van der Waals surface area contributed by atoms with Gasteiger partial charge in [-0.1, -0.05) is 6.07 Å². The molecule has 0 atom stereocenters. The molecule has 8 heteroatoms. The first-order valence-electron chi connectivity index (χ1n) is 6.98. The van der Waals surface area contributed by atoms with E-state index in [1.807, 2.05) is 19.9 Å². The van der Waals surface area contributed by atoms with Crippen LogP contribution in [0.3, 0.4) is 0 Å². The zero-order valence-corrected chi connectivity index (χ0v) is 14.3. The smallest absolute Gasteiger partial charge is 0.250 e. The van der Waals surface area contributed by atoms with Crippen molar-refractivity contribution in [3.05, 3.63) is 53.5 Å². The van der Waals surface area contributed by atoms with Gasteiger partial charge in [0.2, 0.25) is 10.0 Å². The number of rotatable bonds is 5. The molecule has 0 saturated heterocycles. The van der Waals surface area contributed by atoms with Crippen molar-refractivity contribution in [2.24, 2.45) is 0 Å². The molecule has 6 nitrogen and oxygen atoms in total. The molecule has 23 heavy (non-hydrogen) atoms. The number of aromatic nitrogens is 3. The van der Waals surface area contributed by atoms with Gasteiger partial charge in [-0.2, -0.15) is 5.10 Å². The van der Waals surface area contributed by atoms with Crippen LogP contribution in [0.1, 0.15) is 16.8 Å². The van der Waals surface area contributed by atoms with Gasteiger partial charge in [0.25, 0.3) is 0 Å². The number of nitrogens with one attached hydrogen (secondary N) is 2. The Balaban J connectivity index is 1.80. The summed E-state index contributed by atoms with van der Waals surface area (Å²) in [5.74, 6) is 0. The molecular weight excluding hydrogens is 332 g/mol. The molecule has 0 aliphatic heterocycles. The van der Waals surface area contributed by atoms with Gasteiger partial charge in [0, 0.05) is 24.6 Å². The lowest BCUT2D eigenvalue weighted by Gasteiger charge is -2.04. The Morgan fingerprint density at radius 2 is 2.09 bits per heavy atom. The van der Waals surface area contributed by atoms with Gasteiger partial charge in [-0.25, -0.2) is 13.1 Å². The summed E-state index contributed by atoms with van der Waals surface area (Å²) in [5, 5.41) is 7.15. The monoisotopic (exact) mass is 348 g/mol. The third-order valence-electron chi connectivity index (χ3n) is 3.52. The van der Waals surface area contributed by atoms with E-state index in [9.17, 15) is 8.42 Å². The minimum atomic E-state index is -3.55. The third-order valence-corrected chi connectivity index (χ3v) is 6.51. The zero-order chi connectivity index (χ0) is 16.4. The van der Waals surface area contributed by atoms with Crippen LogP contribution in [0.5, 0.6) is 0 Å². The van der Waals surface area contributed by atoms with Gasteiger partial charge in [-0.15, -0.1) is 11.3 Å². The number of pyridine rings is 1. The summed E-state index contributed by atoms with van der Waals surface area (Å²) >= 11 is 1.21. The first-order chi connectivity index (χ1) is 11.0. The molecule has 0 aliphatic rings. The van der Waals surface area contributed by atoms with E-state index in [2.05, 4.69) is 19.9 Å². The molecule has 0 radical (unpaired) electrons. The Bertz CT molecular complexity index is 914. The fourth-order valence-corrected chi connectivity index (χ4v) is 4.48. The number of hydrogen-bond donors (Lipinski definition) is 2. The van der Waals surface area contributed by atoms with Crippen molar-refractivity contribution in [2.45, 2.75) is 24.6 Å². The molecule has 0 unspecified atom stereocenters. The molecule has 0 spiro atoms. The molecule has 120 valence electrons. The maximum Gasteiger partial charge on any atom is 0.250 e. The van der Waals surface area contributed by atoms with Crippen LogP contribution in [0.2, 0.25) is 0 Å². The van der Waals surface area contributed by atoms with Crippen LogP contribution in [0.15, 0.2) is 40.9 Å². The Morgan fingerprint density at radius 1 is 1.26 bits per heavy atom. The Labute approximate surface area is 138 Å². The predicted molar refractivity (Wildman–Crippen MR) is 89.6 cm³/mol. The van der Waals surface area contributed by atoms with Crippen molar-refractivity contribution in [3.8, 4) is 10.6 Å². The van der Waals surface area contributed by atoms with Crippen molar-refractivity contribution >= 4 is 21.4 Å². The molecule has 0 amide bonds. The summed E-state index contributed by atoms with van der Waals surface area (Å²) in [7, 11) is -3.55. The van der Waals surface area contributed by atoms with Crippen molar-refractivity contribution in [1.29, 1.82) is 0 Å². The Hall–Kier alpha value is -2.03. The number of aromatic amines is 1. The van der Waals surface area contributed by atoms with Crippen LogP contribution in [0, 0.1) is 13.8 Å². The summed E-state index contributed by atoms with van der Waals surface area (Å²) in [6.07, 6.45) is 3.29. The number of hydrogen-bond acceptors (Lipinski definition) is 5. The first kappa shape index (κ1) is 15.9. The maximum atomic E-state index is 12.4. The van der Waals surface area contributed by atoms with E-state index in [-0.39, 0.29) is 10.8 Å². The minimum absolute atomic E-state index is 0.212. The van der Waals surface area contributed by atoms with Crippen LogP contribution in [-0.4, -0.2) is 23.6 Å². The van der Waals surface area contributed by atoms with Crippen LogP contribution in [-0.2, 0) is 16.6 Å². The number of aryl methyl sites for hydroxylation is 1.